The zero-order chi connectivity index (χ0) is 12.4. The van der Waals surface area contributed by atoms with Crippen LogP contribution in [0.5, 0.6) is 0 Å². The van der Waals surface area contributed by atoms with Crippen LogP contribution in [-0.2, 0) is 4.74 Å². The van der Waals surface area contributed by atoms with Crippen molar-refractivity contribution in [1.82, 2.24) is 5.43 Å². The first-order valence-corrected chi connectivity index (χ1v) is 7.37. The van der Waals surface area contributed by atoms with E-state index in [1.165, 1.54) is 0 Å². The van der Waals surface area contributed by atoms with Crippen LogP contribution in [0.15, 0.2) is 0 Å². The molecule has 3 N–H and O–H groups in total. The molecule has 4 heteroatoms. The van der Waals surface area contributed by atoms with Gasteiger partial charge in [0.25, 0.3) is 0 Å². The number of hydrogen-bond donors (Lipinski definition) is 2. The maximum Gasteiger partial charge on any atom is 0.0678 e. The fourth-order valence-electron chi connectivity index (χ4n) is 2.88. The smallest absolute Gasteiger partial charge is 0.0678 e. The normalized spacial score (nSPS) is 29.2. The molecule has 2 unspecified atom stereocenters. The number of rotatable bonds is 5. The predicted molar refractivity (Wildman–Crippen MR) is 71.5 cm³/mol. The highest BCUT2D eigenvalue weighted by Crippen LogP contribution is 2.44. The molecule has 0 aromatic rings. The second-order valence-corrected chi connectivity index (χ2v) is 6.82. The van der Waals surface area contributed by atoms with Gasteiger partial charge in [-0.25, -0.2) is 0 Å². The minimum Gasteiger partial charge on any atom is -0.369 e. The topological polar surface area (TPSA) is 47.3 Å². The monoisotopic (exact) mass is 246 g/mol. The van der Waals surface area contributed by atoms with E-state index < -0.39 is 0 Å². The second kappa shape index (κ2) is 5.25. The number of nitrogens with one attached hydrogen (secondary N) is 1. The number of hydrogen-bond acceptors (Lipinski definition) is 4. The fourth-order valence-corrected chi connectivity index (χ4v) is 3.37. The van der Waals surface area contributed by atoms with Gasteiger partial charge < -0.3 is 4.74 Å². The van der Waals surface area contributed by atoms with Gasteiger partial charge in [0.2, 0.25) is 0 Å². The van der Waals surface area contributed by atoms with Gasteiger partial charge >= 0.3 is 0 Å². The van der Waals surface area contributed by atoms with Gasteiger partial charge in [-0.3, -0.25) is 11.3 Å². The zero-order valence-electron chi connectivity index (χ0n) is 11.2. The summed E-state index contributed by atoms with van der Waals surface area (Å²) in [6.45, 7) is 8.68. The Morgan fingerprint density at radius 3 is 2.44 bits per heavy atom. The highest BCUT2D eigenvalue weighted by Gasteiger charge is 2.48. The minimum absolute atomic E-state index is 0.0252. The highest BCUT2D eigenvalue weighted by molar-refractivity contribution is 7.98. The van der Waals surface area contributed by atoms with Gasteiger partial charge in [0.1, 0.15) is 0 Å². The molecule has 3 nitrogen and oxygen atoms in total. The van der Waals surface area contributed by atoms with Gasteiger partial charge in [-0.05, 0) is 52.5 Å². The van der Waals surface area contributed by atoms with Crippen molar-refractivity contribution in [2.45, 2.75) is 57.8 Å². The molecule has 1 aliphatic heterocycles. The summed E-state index contributed by atoms with van der Waals surface area (Å²) in [5.41, 5.74) is 2.87. The first-order chi connectivity index (χ1) is 7.32. The quantitative estimate of drug-likeness (QED) is 0.576. The summed E-state index contributed by atoms with van der Waals surface area (Å²) in [5, 5.41) is 0. The van der Waals surface area contributed by atoms with Crippen molar-refractivity contribution in [2.24, 2.45) is 11.8 Å². The Morgan fingerprint density at radius 2 is 2.06 bits per heavy atom. The van der Waals surface area contributed by atoms with E-state index in [4.69, 9.17) is 10.6 Å². The van der Waals surface area contributed by atoms with E-state index in [2.05, 4.69) is 39.4 Å². The summed E-state index contributed by atoms with van der Waals surface area (Å²) in [6.07, 6.45) is 4.31. The zero-order valence-corrected chi connectivity index (χ0v) is 12.0. The highest BCUT2D eigenvalue weighted by atomic mass is 32.2. The molecule has 96 valence electrons. The molecule has 1 rings (SSSR count). The lowest BCUT2D eigenvalue weighted by Gasteiger charge is -2.32. The molecule has 0 aliphatic carbocycles. The Kier molecular flexibility index (Phi) is 4.69. The second-order valence-electron chi connectivity index (χ2n) is 5.83. The molecule has 1 heterocycles. The van der Waals surface area contributed by atoms with E-state index in [9.17, 15) is 0 Å². The molecule has 1 aliphatic rings. The summed E-state index contributed by atoms with van der Waals surface area (Å²) in [6, 6.07) is 0.351. The molecule has 1 saturated heterocycles. The first-order valence-electron chi connectivity index (χ1n) is 5.97. The number of hydrazine groups is 1. The van der Waals surface area contributed by atoms with Gasteiger partial charge in [0, 0.05) is 12.0 Å². The molecule has 2 atom stereocenters. The third-order valence-electron chi connectivity index (χ3n) is 3.48. The van der Waals surface area contributed by atoms with Crippen LogP contribution in [0.25, 0.3) is 0 Å². The number of thioether (sulfide) groups is 1. The van der Waals surface area contributed by atoms with Crippen molar-refractivity contribution in [3.63, 3.8) is 0 Å². The van der Waals surface area contributed by atoms with Crippen LogP contribution >= 0.6 is 11.8 Å². The third kappa shape index (κ3) is 3.36. The fraction of sp³-hybridized carbons (Fsp3) is 1.00. The number of ether oxygens (including phenoxy) is 1. The summed E-state index contributed by atoms with van der Waals surface area (Å²) < 4.78 is 6.11. The summed E-state index contributed by atoms with van der Waals surface area (Å²) in [5.74, 6) is 7.31. The number of nitrogens with two attached hydrogens (primary N) is 1. The average molecular weight is 246 g/mol. The lowest BCUT2D eigenvalue weighted by Crippen LogP contribution is -2.47. The molecule has 0 aromatic carbocycles. The Labute approximate surface area is 104 Å². The van der Waals surface area contributed by atoms with E-state index in [0.29, 0.717) is 12.0 Å². The van der Waals surface area contributed by atoms with Gasteiger partial charge in [0.15, 0.2) is 0 Å². The largest absolute Gasteiger partial charge is 0.369 e. The van der Waals surface area contributed by atoms with Crippen LogP contribution in [0.4, 0.5) is 0 Å². The Bertz CT molecular complexity index is 231. The third-order valence-corrected chi connectivity index (χ3v) is 4.12. The predicted octanol–water partition coefficient (Wildman–Crippen LogP) is 2.17. The summed E-state index contributed by atoms with van der Waals surface area (Å²) in [4.78, 5) is 0. The van der Waals surface area contributed by atoms with Gasteiger partial charge in [-0.2, -0.15) is 11.8 Å². The van der Waals surface area contributed by atoms with E-state index in [-0.39, 0.29) is 11.2 Å². The van der Waals surface area contributed by atoms with Crippen LogP contribution in [0.1, 0.15) is 40.5 Å². The Hall–Kier alpha value is 0.230. The van der Waals surface area contributed by atoms with Crippen LogP contribution < -0.4 is 11.3 Å². The van der Waals surface area contributed by atoms with Crippen LogP contribution in [-0.4, -0.2) is 29.3 Å². The average Bonchev–Trinajstić information content (AvgIpc) is 2.36. The van der Waals surface area contributed by atoms with E-state index in [0.717, 1.165) is 18.6 Å². The standard InChI is InChI=1S/C12H26N2OS/c1-11(2)8-9(12(3,4)15-11)10(14-13)6-7-16-5/h9-10,14H,6-8,13H2,1-5H3. The molecule has 0 bridgehead atoms. The van der Waals surface area contributed by atoms with Crippen molar-refractivity contribution in [3.05, 3.63) is 0 Å². The molecule has 1 fully saturated rings. The van der Waals surface area contributed by atoms with Gasteiger partial charge in [-0.1, -0.05) is 0 Å². The molecular formula is C12H26N2OS. The van der Waals surface area contributed by atoms with Gasteiger partial charge in [-0.15, -0.1) is 0 Å². The summed E-state index contributed by atoms with van der Waals surface area (Å²) in [7, 11) is 0. The van der Waals surface area contributed by atoms with Gasteiger partial charge in [0.05, 0.1) is 11.2 Å². The van der Waals surface area contributed by atoms with E-state index in [1.54, 1.807) is 0 Å². The maximum atomic E-state index is 6.11. The Balaban J connectivity index is 2.69. The molecule has 16 heavy (non-hydrogen) atoms. The lowest BCUT2D eigenvalue weighted by molar-refractivity contribution is -0.0777. The molecule has 0 radical (unpaired) electrons. The Morgan fingerprint density at radius 1 is 1.44 bits per heavy atom. The van der Waals surface area contributed by atoms with Crippen molar-refractivity contribution in [3.8, 4) is 0 Å². The molecule has 0 saturated carbocycles. The minimum atomic E-state index is -0.0844. The summed E-state index contributed by atoms with van der Waals surface area (Å²) >= 11 is 1.87. The van der Waals surface area contributed by atoms with Crippen LogP contribution in [0.2, 0.25) is 0 Å². The van der Waals surface area contributed by atoms with Crippen molar-refractivity contribution >= 4 is 11.8 Å². The van der Waals surface area contributed by atoms with E-state index >= 15 is 0 Å². The first kappa shape index (κ1) is 14.3. The maximum absolute atomic E-state index is 6.11. The van der Waals surface area contributed by atoms with Crippen molar-refractivity contribution in [2.75, 3.05) is 12.0 Å². The SMILES string of the molecule is CSCCC(NN)C1CC(C)(C)OC1(C)C. The molecular weight excluding hydrogens is 220 g/mol. The van der Waals surface area contributed by atoms with Crippen molar-refractivity contribution in [1.29, 1.82) is 0 Å². The molecule has 0 aromatic heterocycles. The van der Waals surface area contributed by atoms with E-state index in [1.807, 2.05) is 11.8 Å². The molecule has 0 amide bonds. The van der Waals surface area contributed by atoms with Crippen LogP contribution in [0.3, 0.4) is 0 Å². The van der Waals surface area contributed by atoms with Crippen LogP contribution in [0, 0.1) is 5.92 Å². The lowest BCUT2D eigenvalue weighted by atomic mass is 9.81. The van der Waals surface area contributed by atoms with Crippen molar-refractivity contribution < 1.29 is 4.74 Å². The molecule has 0 spiro atoms.